The summed E-state index contributed by atoms with van der Waals surface area (Å²) in [6.07, 6.45) is -6.29. The highest BCUT2D eigenvalue weighted by molar-refractivity contribution is 6.32. The normalized spacial score (nSPS) is 20.3. The number of anilines is 2. The fourth-order valence-corrected chi connectivity index (χ4v) is 10.4. The first-order valence-electron chi connectivity index (χ1n) is 22.5. The topological polar surface area (TPSA) is 200 Å². The van der Waals surface area contributed by atoms with Crippen molar-refractivity contribution in [1.82, 2.24) is 49.3 Å². The molecular weight excluding hydrogens is 997 g/mol. The molecule has 0 unspecified atom stereocenters. The Balaban J connectivity index is 0.000000178. The maximum absolute atomic E-state index is 13.4. The van der Waals surface area contributed by atoms with Gasteiger partial charge in [0.15, 0.2) is 11.6 Å². The average molecular weight is 1040 g/mol. The van der Waals surface area contributed by atoms with Gasteiger partial charge in [-0.05, 0) is 49.2 Å². The van der Waals surface area contributed by atoms with Crippen LogP contribution in [0.1, 0.15) is 47.3 Å². The summed E-state index contributed by atoms with van der Waals surface area (Å²) in [5.41, 5.74) is 3.53. The van der Waals surface area contributed by atoms with Crippen molar-refractivity contribution in [3.05, 3.63) is 93.3 Å². The molecule has 376 valence electrons. The van der Waals surface area contributed by atoms with Crippen LogP contribution in [0.2, 0.25) is 10.0 Å². The van der Waals surface area contributed by atoms with E-state index in [9.17, 15) is 46.5 Å². The molecule has 0 radical (unpaired) electrons. The van der Waals surface area contributed by atoms with E-state index in [4.69, 9.17) is 32.7 Å². The van der Waals surface area contributed by atoms with Gasteiger partial charge in [0, 0.05) is 99.8 Å². The average Bonchev–Trinajstić information content (AvgIpc) is 4.02. The zero-order chi connectivity index (χ0) is 51.2. The van der Waals surface area contributed by atoms with Gasteiger partial charge in [-0.25, -0.2) is 0 Å². The van der Waals surface area contributed by atoms with Crippen LogP contribution in [0.25, 0.3) is 21.8 Å². The lowest BCUT2D eigenvalue weighted by Gasteiger charge is -2.41. The van der Waals surface area contributed by atoms with Gasteiger partial charge in [0.25, 0.3) is 0 Å². The smallest absolute Gasteiger partial charge is 0.379 e. The number of rotatable bonds is 6. The molecule has 18 nitrogen and oxygen atoms in total. The van der Waals surface area contributed by atoms with Gasteiger partial charge in [-0.3, -0.25) is 19.6 Å². The number of hydrogen-bond acceptors (Lipinski definition) is 14. The zero-order valence-corrected chi connectivity index (χ0v) is 39.8. The Morgan fingerprint density at radius 3 is 1.39 bits per heavy atom. The molecule has 72 heavy (non-hydrogen) atoms. The Bertz CT molecular complexity index is 2950. The maximum Gasteiger partial charge on any atom is 0.451 e. The number of amides is 2. The molecule has 0 bridgehead atoms. The number of piperidine rings is 2. The molecule has 6 aromatic rings. The van der Waals surface area contributed by atoms with Crippen molar-refractivity contribution in [3.63, 3.8) is 0 Å². The number of hydrogen-bond donors (Lipinski definition) is 0. The Labute approximate surface area is 416 Å². The Hall–Kier alpha value is -6.86. The Kier molecular flexibility index (Phi) is 13.9. The highest BCUT2D eigenvalue weighted by atomic mass is 35.5. The Morgan fingerprint density at radius 2 is 1.03 bits per heavy atom. The van der Waals surface area contributed by atoms with E-state index < -0.39 is 48.0 Å². The lowest BCUT2D eigenvalue weighted by Crippen LogP contribution is -2.52. The number of nitriles is 2. The van der Waals surface area contributed by atoms with E-state index in [2.05, 4.69) is 42.5 Å². The number of fused-ring (bicyclic) bond motifs is 4. The fourth-order valence-electron chi connectivity index (χ4n) is 10.0. The number of carbonyl (C=O) groups is 2. The third-order valence-corrected chi connectivity index (χ3v) is 13.9. The molecule has 4 atom stereocenters. The second-order valence-electron chi connectivity index (χ2n) is 17.5. The minimum absolute atomic E-state index is 0.0330. The molecular formula is C46H42Cl2F6N14O4. The quantitative estimate of drug-likeness (QED) is 0.164. The molecule has 4 aliphatic heterocycles. The summed E-state index contributed by atoms with van der Waals surface area (Å²) >= 11 is 12.4. The third kappa shape index (κ3) is 9.63. The monoisotopic (exact) mass is 1040 g/mol. The van der Waals surface area contributed by atoms with E-state index in [1.54, 1.807) is 36.4 Å². The van der Waals surface area contributed by atoms with Gasteiger partial charge in [0.05, 0.1) is 70.7 Å². The number of benzene rings is 2. The van der Waals surface area contributed by atoms with Crippen molar-refractivity contribution in [2.45, 2.75) is 63.6 Å². The van der Waals surface area contributed by atoms with Crippen LogP contribution in [-0.4, -0.2) is 127 Å². The molecule has 2 saturated heterocycles. The van der Waals surface area contributed by atoms with Crippen LogP contribution in [0.4, 0.5) is 37.7 Å². The predicted octanol–water partition coefficient (Wildman–Crippen LogP) is 6.51. The molecule has 2 fully saturated rings. The van der Waals surface area contributed by atoms with Crippen LogP contribution >= 0.6 is 23.2 Å². The van der Waals surface area contributed by atoms with Crippen molar-refractivity contribution < 1.29 is 45.4 Å². The molecule has 4 aromatic heterocycles. The first kappa shape index (κ1) is 50.1. The van der Waals surface area contributed by atoms with Gasteiger partial charge in [-0.2, -0.15) is 36.9 Å². The maximum atomic E-state index is 13.4. The lowest BCUT2D eigenvalue weighted by molar-refractivity contribution is -0.150. The Morgan fingerprint density at radius 1 is 0.625 bits per heavy atom. The number of pyridine rings is 2. The lowest BCUT2D eigenvalue weighted by atomic mass is 9.91. The van der Waals surface area contributed by atoms with Crippen molar-refractivity contribution in [3.8, 4) is 12.1 Å². The third-order valence-electron chi connectivity index (χ3n) is 13.5. The largest absolute Gasteiger partial charge is 0.451 e. The zero-order valence-electron chi connectivity index (χ0n) is 38.3. The van der Waals surface area contributed by atoms with E-state index in [1.165, 1.54) is 36.4 Å². The number of halogens is 8. The van der Waals surface area contributed by atoms with Crippen LogP contribution in [-0.2, 0) is 57.6 Å². The number of methoxy groups -OCH3 is 2. The number of aromatic nitrogens is 8. The van der Waals surface area contributed by atoms with Crippen molar-refractivity contribution in [1.29, 1.82) is 10.5 Å². The number of carbonyl (C=O) groups excluding carboxylic acids is 2. The molecule has 0 saturated carbocycles. The van der Waals surface area contributed by atoms with E-state index in [1.807, 2.05) is 9.80 Å². The van der Waals surface area contributed by atoms with Crippen LogP contribution < -0.4 is 9.80 Å². The SMILES string of the molecule is CO[C@@H]1CN(c2c(C#N)cnc3ccc(Cl)cc23)CC[C@@H]1C(=O)N1CCn2c(nnc2C(F)(F)F)C1.CO[C@@H]1CN(c2c(C#N)cnc3ccc(Cl)cc23)CC[C@H]1C(=O)N1CCn2c(nnc2C(F)(F)F)C1. The molecule has 0 aliphatic carbocycles. The summed E-state index contributed by atoms with van der Waals surface area (Å²) in [6, 6.07) is 14.9. The predicted molar refractivity (Wildman–Crippen MR) is 246 cm³/mol. The van der Waals surface area contributed by atoms with Gasteiger partial charge in [0.1, 0.15) is 12.1 Å². The standard InChI is InChI=1S/2C23H21ClF3N7O2/c2*1-36-18-11-32(20-13(9-28)10-29-17-3-2-14(24)8-16(17)20)5-4-15(18)21(35)33-6-7-34-19(12-33)30-31-22(34)23(25,26)27/h2*2-3,8,10,15,18H,4-7,11-12H2,1H3/t15-,18+;15-,18-/m01/s1. The van der Waals surface area contributed by atoms with Crippen LogP contribution in [0, 0.1) is 34.5 Å². The fraction of sp³-hybridized carbons (Fsp3) is 0.435. The number of alkyl halides is 6. The highest BCUT2D eigenvalue weighted by Crippen LogP contribution is 2.38. The minimum Gasteiger partial charge on any atom is -0.379 e. The van der Waals surface area contributed by atoms with Crippen LogP contribution in [0.15, 0.2) is 48.8 Å². The summed E-state index contributed by atoms with van der Waals surface area (Å²) in [5, 5.41) is 35.8. The summed E-state index contributed by atoms with van der Waals surface area (Å²) in [4.78, 5) is 42.6. The molecule has 4 aliphatic rings. The summed E-state index contributed by atoms with van der Waals surface area (Å²) in [6.45, 7) is 1.70. The van der Waals surface area contributed by atoms with Gasteiger partial charge in [-0.1, -0.05) is 23.2 Å². The first-order valence-corrected chi connectivity index (χ1v) is 23.3. The summed E-state index contributed by atoms with van der Waals surface area (Å²) in [5.74, 6) is -3.29. The van der Waals surface area contributed by atoms with Gasteiger partial charge in [-0.15, -0.1) is 20.4 Å². The van der Waals surface area contributed by atoms with E-state index in [0.717, 1.165) is 19.9 Å². The van der Waals surface area contributed by atoms with E-state index in [-0.39, 0.29) is 62.7 Å². The van der Waals surface area contributed by atoms with E-state index >= 15 is 0 Å². The molecule has 26 heteroatoms. The minimum atomic E-state index is -4.60. The molecule has 2 aromatic carbocycles. The van der Waals surface area contributed by atoms with Gasteiger partial charge >= 0.3 is 12.4 Å². The molecule has 0 N–H and O–H groups in total. The summed E-state index contributed by atoms with van der Waals surface area (Å²) < 4.78 is 92.3. The van der Waals surface area contributed by atoms with Crippen molar-refractivity contribution in [2.24, 2.45) is 11.8 Å². The van der Waals surface area contributed by atoms with Crippen LogP contribution in [0.3, 0.4) is 0 Å². The van der Waals surface area contributed by atoms with Gasteiger partial charge in [0.2, 0.25) is 23.5 Å². The molecule has 10 rings (SSSR count). The van der Waals surface area contributed by atoms with Crippen molar-refractivity contribution >= 4 is 68.2 Å². The molecule has 0 spiro atoms. The van der Waals surface area contributed by atoms with Crippen molar-refractivity contribution in [2.75, 3.05) is 63.3 Å². The number of ether oxygens (including phenoxy) is 2. The van der Waals surface area contributed by atoms with Crippen LogP contribution in [0.5, 0.6) is 0 Å². The summed E-state index contributed by atoms with van der Waals surface area (Å²) in [7, 11) is 3.03. The second-order valence-corrected chi connectivity index (χ2v) is 18.4. The van der Waals surface area contributed by atoms with Gasteiger partial charge < -0.3 is 38.2 Å². The van der Waals surface area contributed by atoms with E-state index in [0.29, 0.717) is 82.6 Å². The molecule has 8 heterocycles. The molecule has 2 amide bonds. The highest BCUT2D eigenvalue weighted by Gasteiger charge is 2.44. The first-order chi connectivity index (χ1) is 34.4. The number of nitrogens with zero attached hydrogens (tertiary/aromatic N) is 14. The second kappa shape index (κ2) is 20.0.